The monoisotopic (exact) mass is 359 g/mol. The van der Waals surface area contributed by atoms with Crippen LogP contribution in [0.4, 0.5) is 0 Å². The maximum atomic E-state index is 5.34. The summed E-state index contributed by atoms with van der Waals surface area (Å²) < 4.78 is 7.52. The number of rotatable bonds is 5. The summed E-state index contributed by atoms with van der Waals surface area (Å²) in [6, 6.07) is 8.33. The molecule has 0 spiro atoms. The number of aryl methyl sites for hydroxylation is 1. The molecule has 0 saturated carbocycles. The summed E-state index contributed by atoms with van der Waals surface area (Å²) >= 11 is 5.29. The fraction of sp³-hybridized carbons (Fsp3) is 0.444. The number of aromatic nitrogens is 1. The third-order valence-corrected chi connectivity index (χ3v) is 4.86. The van der Waals surface area contributed by atoms with Crippen LogP contribution in [0.25, 0.3) is 10.9 Å². The van der Waals surface area contributed by atoms with Gasteiger partial charge in [0.15, 0.2) is 5.11 Å². The molecular formula is C18H25N5OS. The number of nitrogens with zero attached hydrogens (tertiary/aromatic N) is 3. The second kappa shape index (κ2) is 8.42. The molecule has 134 valence electrons. The molecule has 0 aliphatic carbocycles. The maximum absolute atomic E-state index is 5.34. The number of nitrogens with one attached hydrogen (secondary N) is 2. The molecule has 2 aromatic rings. The van der Waals surface area contributed by atoms with Gasteiger partial charge in [0, 0.05) is 55.4 Å². The summed E-state index contributed by atoms with van der Waals surface area (Å²) in [4.78, 5) is 2.36. The van der Waals surface area contributed by atoms with Crippen molar-refractivity contribution >= 4 is 34.4 Å². The van der Waals surface area contributed by atoms with E-state index in [2.05, 4.69) is 57.5 Å². The predicted octanol–water partition coefficient (Wildman–Crippen LogP) is 1.62. The molecule has 2 heterocycles. The molecule has 0 unspecified atom stereocenters. The first kappa shape index (κ1) is 17.8. The second-order valence-corrected chi connectivity index (χ2v) is 6.56. The number of benzene rings is 1. The van der Waals surface area contributed by atoms with Crippen molar-refractivity contribution in [2.75, 3.05) is 39.4 Å². The van der Waals surface area contributed by atoms with Gasteiger partial charge in [0.05, 0.1) is 19.4 Å². The lowest BCUT2D eigenvalue weighted by atomic mass is 10.1. The van der Waals surface area contributed by atoms with Gasteiger partial charge < -0.3 is 14.6 Å². The molecule has 25 heavy (non-hydrogen) atoms. The maximum Gasteiger partial charge on any atom is 0.187 e. The van der Waals surface area contributed by atoms with Gasteiger partial charge in [-0.15, -0.1) is 0 Å². The Balaban J connectivity index is 1.51. The van der Waals surface area contributed by atoms with Crippen LogP contribution in [-0.4, -0.2) is 60.2 Å². The summed E-state index contributed by atoms with van der Waals surface area (Å²) in [5.74, 6) is 0. The number of para-hydroxylation sites is 1. The van der Waals surface area contributed by atoms with Crippen molar-refractivity contribution in [2.24, 2.45) is 12.1 Å². The van der Waals surface area contributed by atoms with E-state index in [1.807, 2.05) is 12.3 Å². The Labute approximate surface area is 153 Å². The molecule has 0 radical (unpaired) electrons. The van der Waals surface area contributed by atoms with Crippen molar-refractivity contribution < 1.29 is 4.74 Å². The molecule has 1 aliphatic rings. The van der Waals surface area contributed by atoms with Gasteiger partial charge in [-0.1, -0.05) is 18.2 Å². The highest BCUT2D eigenvalue weighted by atomic mass is 32.1. The Bertz CT molecular complexity index is 764. The topological polar surface area (TPSA) is 53.8 Å². The van der Waals surface area contributed by atoms with Gasteiger partial charge in [-0.25, -0.2) is 0 Å². The summed E-state index contributed by atoms with van der Waals surface area (Å²) in [5, 5.41) is 9.24. The van der Waals surface area contributed by atoms with Crippen molar-refractivity contribution in [3.63, 3.8) is 0 Å². The van der Waals surface area contributed by atoms with Crippen LogP contribution in [0.5, 0.6) is 0 Å². The van der Waals surface area contributed by atoms with Crippen LogP contribution in [-0.2, 0) is 11.8 Å². The minimum absolute atomic E-state index is 0.544. The van der Waals surface area contributed by atoms with Crippen LogP contribution >= 0.6 is 12.2 Å². The molecule has 1 saturated heterocycles. The Morgan fingerprint density at radius 1 is 1.32 bits per heavy atom. The van der Waals surface area contributed by atoms with Crippen molar-refractivity contribution in [2.45, 2.75) is 6.92 Å². The zero-order valence-corrected chi connectivity index (χ0v) is 15.6. The highest BCUT2D eigenvalue weighted by Gasteiger charge is 2.10. The van der Waals surface area contributed by atoms with Crippen molar-refractivity contribution in [1.82, 2.24) is 20.2 Å². The van der Waals surface area contributed by atoms with Crippen molar-refractivity contribution in [3.05, 3.63) is 35.5 Å². The van der Waals surface area contributed by atoms with Gasteiger partial charge in [0.25, 0.3) is 0 Å². The van der Waals surface area contributed by atoms with Gasteiger partial charge in [0.2, 0.25) is 0 Å². The lowest BCUT2D eigenvalue weighted by Crippen LogP contribution is -2.42. The standard InChI is InChI=1S/C18H25N5OS/c1-14-16(15-5-3-4-6-17(15)22(14)2)13-20-21-18(25)19-7-8-23-9-11-24-12-10-23/h3-6,13H,7-12H2,1-2H3,(H2,19,21,25)/b20-13+. The first-order valence-electron chi connectivity index (χ1n) is 8.58. The first-order chi connectivity index (χ1) is 12.2. The molecule has 2 N–H and O–H groups in total. The minimum Gasteiger partial charge on any atom is -0.379 e. The van der Waals surface area contributed by atoms with E-state index in [9.17, 15) is 0 Å². The van der Waals surface area contributed by atoms with Gasteiger partial charge in [-0.3, -0.25) is 10.3 Å². The fourth-order valence-corrected chi connectivity index (χ4v) is 3.22. The average molecular weight is 359 g/mol. The van der Waals surface area contributed by atoms with E-state index in [4.69, 9.17) is 17.0 Å². The molecule has 3 rings (SSSR count). The largest absolute Gasteiger partial charge is 0.379 e. The Kier molecular flexibility index (Phi) is 6.01. The molecule has 1 aromatic carbocycles. The third kappa shape index (κ3) is 4.36. The minimum atomic E-state index is 0.544. The van der Waals surface area contributed by atoms with Crippen LogP contribution in [0, 0.1) is 6.92 Å². The summed E-state index contributed by atoms with van der Waals surface area (Å²) in [6.07, 6.45) is 1.84. The molecule has 0 atom stereocenters. The van der Waals surface area contributed by atoms with Crippen molar-refractivity contribution in [1.29, 1.82) is 0 Å². The number of morpholine rings is 1. The van der Waals surface area contributed by atoms with E-state index in [0.717, 1.165) is 45.0 Å². The highest BCUT2D eigenvalue weighted by Crippen LogP contribution is 2.22. The molecule has 1 fully saturated rings. The lowest BCUT2D eigenvalue weighted by Gasteiger charge is -2.26. The second-order valence-electron chi connectivity index (χ2n) is 6.16. The van der Waals surface area contributed by atoms with Crippen LogP contribution in [0.1, 0.15) is 11.3 Å². The number of thiocarbonyl (C=S) groups is 1. The SMILES string of the molecule is Cc1c(/C=N/NC(=S)NCCN2CCOCC2)c2ccccc2n1C. The number of hydrogen-bond donors (Lipinski definition) is 2. The summed E-state index contributed by atoms with van der Waals surface area (Å²) in [7, 11) is 2.07. The van der Waals surface area contributed by atoms with Crippen LogP contribution in [0.3, 0.4) is 0 Å². The molecule has 6 nitrogen and oxygen atoms in total. The normalized spacial score (nSPS) is 15.8. The van der Waals surface area contributed by atoms with Gasteiger partial charge in [-0.05, 0) is 25.2 Å². The lowest BCUT2D eigenvalue weighted by molar-refractivity contribution is 0.0389. The number of ether oxygens (including phenoxy) is 1. The van der Waals surface area contributed by atoms with E-state index in [-0.39, 0.29) is 0 Å². The summed E-state index contributed by atoms with van der Waals surface area (Å²) in [6.45, 7) is 7.46. The number of fused-ring (bicyclic) bond motifs is 1. The Hall–Kier alpha value is -1.96. The molecule has 1 aliphatic heterocycles. The quantitative estimate of drug-likeness (QED) is 0.483. The average Bonchev–Trinajstić information content (AvgIpc) is 2.88. The smallest absolute Gasteiger partial charge is 0.187 e. The Morgan fingerprint density at radius 2 is 2.08 bits per heavy atom. The molecule has 0 amide bonds. The summed E-state index contributed by atoms with van der Waals surface area (Å²) in [5.41, 5.74) is 6.40. The first-order valence-corrected chi connectivity index (χ1v) is 8.98. The van der Waals surface area contributed by atoms with Crippen LogP contribution < -0.4 is 10.7 Å². The van der Waals surface area contributed by atoms with Gasteiger partial charge in [0.1, 0.15) is 0 Å². The predicted molar refractivity (Wildman–Crippen MR) is 106 cm³/mol. The van der Waals surface area contributed by atoms with E-state index in [1.165, 1.54) is 16.6 Å². The zero-order valence-electron chi connectivity index (χ0n) is 14.8. The van der Waals surface area contributed by atoms with E-state index >= 15 is 0 Å². The molecule has 1 aromatic heterocycles. The van der Waals surface area contributed by atoms with E-state index < -0.39 is 0 Å². The van der Waals surface area contributed by atoms with E-state index in [1.54, 1.807) is 0 Å². The van der Waals surface area contributed by atoms with Crippen LogP contribution in [0.15, 0.2) is 29.4 Å². The van der Waals surface area contributed by atoms with Crippen LogP contribution in [0.2, 0.25) is 0 Å². The Morgan fingerprint density at radius 3 is 2.88 bits per heavy atom. The zero-order chi connectivity index (χ0) is 17.6. The molecule has 7 heteroatoms. The highest BCUT2D eigenvalue weighted by molar-refractivity contribution is 7.80. The van der Waals surface area contributed by atoms with Gasteiger partial charge in [-0.2, -0.15) is 5.10 Å². The fourth-order valence-electron chi connectivity index (χ4n) is 3.06. The van der Waals surface area contributed by atoms with E-state index in [0.29, 0.717) is 5.11 Å². The number of hydrazone groups is 1. The number of hydrogen-bond acceptors (Lipinski definition) is 4. The molecule has 0 bridgehead atoms. The molecular weight excluding hydrogens is 334 g/mol. The van der Waals surface area contributed by atoms with Crippen molar-refractivity contribution in [3.8, 4) is 0 Å². The van der Waals surface area contributed by atoms with Gasteiger partial charge >= 0.3 is 0 Å². The third-order valence-electron chi connectivity index (χ3n) is 4.63.